The maximum Gasteiger partial charge on any atom is 0.0982 e. The number of hydrogen-bond acceptors (Lipinski definition) is 2. The molecule has 0 aliphatic rings. The van der Waals surface area contributed by atoms with Crippen molar-refractivity contribution in [3.05, 3.63) is 71.8 Å². The molecule has 0 saturated carbocycles. The summed E-state index contributed by atoms with van der Waals surface area (Å²) in [4.78, 5) is 10.5. The summed E-state index contributed by atoms with van der Waals surface area (Å²) in [6, 6.07) is 22.0. The van der Waals surface area contributed by atoms with E-state index in [-0.39, 0.29) is 0 Å². The molecule has 0 saturated heterocycles. The van der Waals surface area contributed by atoms with Crippen molar-refractivity contribution in [2.75, 3.05) is 0 Å². The van der Waals surface area contributed by atoms with Gasteiger partial charge in [0.05, 0.1) is 22.1 Å². The molecule has 2 heteroatoms. The van der Waals surface area contributed by atoms with Gasteiger partial charge < -0.3 is 0 Å². The number of nitrogens with zero attached hydrogens (tertiary/aromatic N) is 2. The summed E-state index contributed by atoms with van der Waals surface area (Å²) in [6.45, 7) is 4.59. The van der Waals surface area contributed by atoms with E-state index in [1.807, 2.05) is 0 Å². The third-order valence-corrected chi connectivity index (χ3v) is 8.27. The Hall–Kier alpha value is -3.00. The zero-order chi connectivity index (χ0) is 26.2. The Morgan fingerprint density at radius 2 is 1.03 bits per heavy atom. The highest BCUT2D eigenvalue weighted by Crippen LogP contribution is 2.38. The quantitative estimate of drug-likeness (QED) is 0.0853. The first kappa shape index (κ1) is 26.6. The van der Waals surface area contributed by atoms with Gasteiger partial charge in [-0.3, -0.25) is 0 Å². The van der Waals surface area contributed by atoms with Gasteiger partial charge >= 0.3 is 0 Å². The van der Waals surface area contributed by atoms with Crippen molar-refractivity contribution in [1.29, 1.82) is 0 Å². The van der Waals surface area contributed by atoms with Crippen LogP contribution >= 0.6 is 0 Å². The minimum Gasteiger partial charge on any atom is -0.244 e. The fourth-order valence-electron chi connectivity index (χ4n) is 6.17. The fraction of sp³-hybridized carbons (Fsp3) is 0.444. The SMILES string of the molecule is CCCCCCCCc1ccc2c3ccccc3c3nc4ccccc4nc3c2c1CCCCCCCC. The predicted octanol–water partition coefficient (Wildman–Crippen LogP) is 10.9. The second-order valence-electron chi connectivity index (χ2n) is 11.1. The van der Waals surface area contributed by atoms with Gasteiger partial charge in [0, 0.05) is 10.8 Å². The van der Waals surface area contributed by atoms with E-state index in [1.54, 1.807) is 0 Å². The van der Waals surface area contributed by atoms with Gasteiger partial charge in [0.15, 0.2) is 0 Å². The van der Waals surface area contributed by atoms with Crippen molar-refractivity contribution >= 4 is 43.6 Å². The van der Waals surface area contributed by atoms with E-state index in [0.29, 0.717) is 0 Å². The summed E-state index contributed by atoms with van der Waals surface area (Å²) in [7, 11) is 0. The van der Waals surface area contributed by atoms with Crippen LogP contribution in [0.1, 0.15) is 102 Å². The van der Waals surface area contributed by atoms with Gasteiger partial charge in [-0.05, 0) is 59.7 Å². The molecule has 5 rings (SSSR count). The molecule has 1 heterocycles. The molecule has 0 spiro atoms. The molecule has 0 aliphatic carbocycles. The highest BCUT2D eigenvalue weighted by molar-refractivity contribution is 6.24. The molecule has 0 N–H and O–H groups in total. The normalized spacial score (nSPS) is 11.8. The maximum absolute atomic E-state index is 5.29. The van der Waals surface area contributed by atoms with Crippen molar-refractivity contribution in [2.24, 2.45) is 0 Å². The fourth-order valence-corrected chi connectivity index (χ4v) is 6.17. The number of hydrogen-bond donors (Lipinski definition) is 0. The van der Waals surface area contributed by atoms with Crippen molar-refractivity contribution in [3.8, 4) is 0 Å². The molecule has 0 radical (unpaired) electrons. The van der Waals surface area contributed by atoms with E-state index in [4.69, 9.17) is 9.97 Å². The third-order valence-electron chi connectivity index (χ3n) is 8.27. The lowest BCUT2D eigenvalue weighted by atomic mass is 9.88. The average Bonchev–Trinajstić information content (AvgIpc) is 2.96. The van der Waals surface area contributed by atoms with E-state index in [2.05, 4.69) is 74.5 Å². The zero-order valence-electron chi connectivity index (χ0n) is 23.6. The molecular weight excluding hydrogens is 460 g/mol. The minimum absolute atomic E-state index is 0.977. The molecule has 4 aromatic carbocycles. The van der Waals surface area contributed by atoms with Crippen LogP contribution in [-0.4, -0.2) is 9.97 Å². The molecule has 0 amide bonds. The number of aromatic nitrogens is 2. The van der Waals surface area contributed by atoms with Crippen LogP contribution in [0.15, 0.2) is 60.7 Å². The van der Waals surface area contributed by atoms with E-state index in [0.717, 1.165) is 28.5 Å². The lowest BCUT2D eigenvalue weighted by Gasteiger charge is -2.17. The number of benzene rings is 4. The van der Waals surface area contributed by atoms with Gasteiger partial charge in [0.2, 0.25) is 0 Å². The smallest absolute Gasteiger partial charge is 0.0982 e. The van der Waals surface area contributed by atoms with E-state index in [9.17, 15) is 0 Å². The molecule has 0 unspecified atom stereocenters. The molecule has 198 valence electrons. The Kier molecular flexibility index (Phi) is 9.23. The highest BCUT2D eigenvalue weighted by atomic mass is 14.8. The number of unbranched alkanes of at least 4 members (excludes halogenated alkanes) is 10. The first-order valence-corrected chi connectivity index (χ1v) is 15.3. The predicted molar refractivity (Wildman–Crippen MR) is 166 cm³/mol. The van der Waals surface area contributed by atoms with Crippen LogP contribution in [-0.2, 0) is 12.8 Å². The van der Waals surface area contributed by atoms with Crippen LogP contribution in [0.4, 0.5) is 0 Å². The highest BCUT2D eigenvalue weighted by Gasteiger charge is 2.17. The minimum atomic E-state index is 0.977. The number of fused-ring (bicyclic) bond motifs is 7. The zero-order valence-corrected chi connectivity index (χ0v) is 23.6. The second kappa shape index (κ2) is 13.2. The summed E-state index contributed by atoms with van der Waals surface area (Å²) in [6.07, 6.45) is 18.3. The van der Waals surface area contributed by atoms with Crippen LogP contribution in [0.3, 0.4) is 0 Å². The number of aryl methyl sites for hydroxylation is 2. The molecule has 0 aliphatic heterocycles. The summed E-state index contributed by atoms with van der Waals surface area (Å²) in [5.74, 6) is 0. The van der Waals surface area contributed by atoms with E-state index < -0.39 is 0 Å². The van der Waals surface area contributed by atoms with Gasteiger partial charge in [-0.2, -0.15) is 0 Å². The van der Waals surface area contributed by atoms with Crippen molar-refractivity contribution in [2.45, 2.75) is 104 Å². The lowest BCUT2D eigenvalue weighted by Crippen LogP contribution is -2.00. The Labute approximate surface area is 228 Å². The molecule has 0 bridgehead atoms. The van der Waals surface area contributed by atoms with Gasteiger partial charge in [-0.25, -0.2) is 9.97 Å². The Morgan fingerprint density at radius 3 is 1.71 bits per heavy atom. The lowest BCUT2D eigenvalue weighted by molar-refractivity contribution is 0.600. The van der Waals surface area contributed by atoms with Crippen molar-refractivity contribution < 1.29 is 0 Å². The first-order valence-electron chi connectivity index (χ1n) is 15.3. The first-order chi connectivity index (χ1) is 18.8. The molecule has 5 aromatic rings. The Morgan fingerprint density at radius 1 is 0.474 bits per heavy atom. The maximum atomic E-state index is 5.29. The van der Waals surface area contributed by atoms with E-state index in [1.165, 1.54) is 116 Å². The van der Waals surface area contributed by atoms with Crippen LogP contribution in [0, 0.1) is 0 Å². The largest absolute Gasteiger partial charge is 0.244 e. The van der Waals surface area contributed by atoms with Crippen LogP contribution in [0.25, 0.3) is 43.6 Å². The molecular formula is C36H44N2. The van der Waals surface area contributed by atoms with Crippen molar-refractivity contribution in [1.82, 2.24) is 9.97 Å². The van der Waals surface area contributed by atoms with E-state index >= 15 is 0 Å². The topological polar surface area (TPSA) is 25.8 Å². The van der Waals surface area contributed by atoms with Crippen LogP contribution in [0.2, 0.25) is 0 Å². The van der Waals surface area contributed by atoms with Gasteiger partial charge in [0.25, 0.3) is 0 Å². The van der Waals surface area contributed by atoms with Crippen LogP contribution < -0.4 is 0 Å². The average molecular weight is 505 g/mol. The molecule has 2 nitrogen and oxygen atoms in total. The van der Waals surface area contributed by atoms with Gasteiger partial charge in [0.1, 0.15) is 0 Å². The van der Waals surface area contributed by atoms with Crippen molar-refractivity contribution in [3.63, 3.8) is 0 Å². The standard InChI is InChI=1S/C36H44N2/c1-3-5-7-9-11-13-19-27-25-26-30-29-21-15-16-22-31(29)35-36(38-33-24-18-17-23-32(33)37-35)34(30)28(27)20-14-12-10-8-6-4-2/h15-18,21-26H,3-14,19-20H2,1-2H3. The molecule has 1 aromatic heterocycles. The molecule has 0 fully saturated rings. The Balaban J connectivity index is 1.61. The monoisotopic (exact) mass is 504 g/mol. The molecule has 38 heavy (non-hydrogen) atoms. The number of para-hydroxylation sites is 2. The molecule has 0 atom stereocenters. The summed E-state index contributed by atoms with van der Waals surface area (Å²) in [5.41, 5.74) is 7.17. The summed E-state index contributed by atoms with van der Waals surface area (Å²) in [5, 5.41) is 5.21. The Bertz CT molecular complexity index is 1500. The summed E-state index contributed by atoms with van der Waals surface area (Å²) < 4.78 is 0. The van der Waals surface area contributed by atoms with Crippen LogP contribution in [0.5, 0.6) is 0 Å². The summed E-state index contributed by atoms with van der Waals surface area (Å²) >= 11 is 0. The third kappa shape index (κ3) is 5.85. The van der Waals surface area contributed by atoms with Gasteiger partial charge in [-0.1, -0.05) is 127 Å². The van der Waals surface area contributed by atoms with Gasteiger partial charge in [-0.15, -0.1) is 0 Å². The number of rotatable bonds is 14. The second-order valence-corrected chi connectivity index (χ2v) is 11.1.